The summed E-state index contributed by atoms with van der Waals surface area (Å²) in [6.07, 6.45) is 9.79. The van der Waals surface area contributed by atoms with E-state index in [1.54, 1.807) is 0 Å². The highest BCUT2D eigenvalue weighted by Crippen LogP contribution is 2.29. The highest BCUT2D eigenvalue weighted by Gasteiger charge is 2.37. The van der Waals surface area contributed by atoms with E-state index in [1.807, 2.05) is 0 Å². The molecule has 1 heterocycles. The van der Waals surface area contributed by atoms with Crippen molar-refractivity contribution in [1.82, 2.24) is 10.2 Å². The predicted molar refractivity (Wildman–Crippen MR) is 74.2 cm³/mol. The van der Waals surface area contributed by atoms with Crippen molar-refractivity contribution in [2.75, 3.05) is 6.67 Å². The third-order valence-corrected chi connectivity index (χ3v) is 4.65. The molecule has 1 N–H and O–H groups in total. The third-order valence-electron chi connectivity index (χ3n) is 4.65. The van der Waals surface area contributed by atoms with Gasteiger partial charge in [0.25, 0.3) is 0 Å². The Hall–Kier alpha value is -0.570. The van der Waals surface area contributed by atoms with E-state index in [2.05, 4.69) is 24.1 Å². The van der Waals surface area contributed by atoms with Gasteiger partial charge in [0, 0.05) is 6.04 Å². The molecule has 1 saturated heterocycles. The molecule has 2 fully saturated rings. The SMILES string of the molecule is CCCCC1NCN(C2CCCCCC2C)C1=O. The molecule has 1 amide bonds. The summed E-state index contributed by atoms with van der Waals surface area (Å²) in [7, 11) is 0. The maximum absolute atomic E-state index is 12.4. The number of rotatable bonds is 4. The highest BCUT2D eigenvalue weighted by atomic mass is 16.2. The van der Waals surface area contributed by atoms with Gasteiger partial charge in [0.1, 0.15) is 0 Å². The normalized spacial score (nSPS) is 33.8. The molecule has 0 bridgehead atoms. The Bertz CT molecular complexity index is 280. The second kappa shape index (κ2) is 6.55. The maximum atomic E-state index is 12.4. The minimum absolute atomic E-state index is 0.0976. The molecule has 3 nitrogen and oxygen atoms in total. The van der Waals surface area contributed by atoms with Gasteiger partial charge in [-0.15, -0.1) is 0 Å². The lowest BCUT2D eigenvalue weighted by Gasteiger charge is -2.31. The molecule has 0 radical (unpaired) electrons. The number of nitrogens with zero attached hydrogens (tertiary/aromatic N) is 1. The van der Waals surface area contributed by atoms with Gasteiger partial charge in [0.2, 0.25) is 5.91 Å². The first kappa shape index (κ1) is 13.9. The first-order chi connectivity index (χ1) is 8.74. The maximum Gasteiger partial charge on any atom is 0.241 e. The van der Waals surface area contributed by atoms with Crippen molar-refractivity contribution in [1.29, 1.82) is 0 Å². The van der Waals surface area contributed by atoms with E-state index in [1.165, 1.54) is 38.5 Å². The first-order valence-electron chi connectivity index (χ1n) is 7.78. The van der Waals surface area contributed by atoms with Gasteiger partial charge in [-0.25, -0.2) is 0 Å². The first-order valence-corrected chi connectivity index (χ1v) is 7.78. The van der Waals surface area contributed by atoms with Crippen LogP contribution in [0.5, 0.6) is 0 Å². The largest absolute Gasteiger partial charge is 0.325 e. The molecule has 3 unspecified atom stereocenters. The summed E-state index contributed by atoms with van der Waals surface area (Å²) in [6, 6.07) is 0.583. The lowest BCUT2D eigenvalue weighted by Crippen LogP contribution is -2.42. The Morgan fingerprint density at radius 3 is 2.83 bits per heavy atom. The van der Waals surface area contributed by atoms with Gasteiger partial charge in [-0.3, -0.25) is 10.1 Å². The van der Waals surface area contributed by atoms with Crippen LogP contribution in [0.2, 0.25) is 0 Å². The lowest BCUT2D eigenvalue weighted by atomic mass is 9.95. The Morgan fingerprint density at radius 2 is 2.06 bits per heavy atom. The van der Waals surface area contributed by atoms with Crippen LogP contribution in [-0.4, -0.2) is 29.6 Å². The number of carbonyl (C=O) groups excluding carboxylic acids is 1. The zero-order valence-corrected chi connectivity index (χ0v) is 12.0. The molecular formula is C15H28N2O. The van der Waals surface area contributed by atoms with E-state index in [-0.39, 0.29) is 6.04 Å². The van der Waals surface area contributed by atoms with Crippen molar-refractivity contribution >= 4 is 5.91 Å². The number of unbranched alkanes of at least 4 members (excludes halogenated alkanes) is 1. The summed E-state index contributed by atoms with van der Waals surface area (Å²) in [5, 5.41) is 3.41. The quantitative estimate of drug-likeness (QED) is 0.780. The van der Waals surface area contributed by atoms with Gasteiger partial charge >= 0.3 is 0 Å². The smallest absolute Gasteiger partial charge is 0.241 e. The molecule has 18 heavy (non-hydrogen) atoms. The minimum atomic E-state index is 0.0976. The summed E-state index contributed by atoms with van der Waals surface area (Å²) in [6.45, 7) is 5.29. The molecule has 1 aliphatic heterocycles. The predicted octanol–water partition coefficient (Wildman–Crippen LogP) is 2.90. The van der Waals surface area contributed by atoms with Crippen molar-refractivity contribution in [3.05, 3.63) is 0 Å². The van der Waals surface area contributed by atoms with E-state index >= 15 is 0 Å². The van der Waals surface area contributed by atoms with Crippen LogP contribution in [0.3, 0.4) is 0 Å². The molecule has 1 aliphatic carbocycles. The summed E-state index contributed by atoms with van der Waals surface area (Å²) < 4.78 is 0. The molecule has 2 aliphatic rings. The topological polar surface area (TPSA) is 32.3 Å². The van der Waals surface area contributed by atoms with E-state index in [0.717, 1.165) is 19.5 Å². The standard InChI is InChI=1S/C15H28N2O/c1-3-4-9-13-15(18)17(11-16-13)14-10-7-5-6-8-12(14)2/h12-14,16H,3-11H2,1-2H3. The van der Waals surface area contributed by atoms with Crippen LogP contribution < -0.4 is 5.32 Å². The summed E-state index contributed by atoms with van der Waals surface area (Å²) in [5.41, 5.74) is 0. The van der Waals surface area contributed by atoms with Gasteiger partial charge < -0.3 is 4.90 Å². The van der Waals surface area contributed by atoms with Crippen molar-refractivity contribution in [2.45, 2.75) is 77.3 Å². The Labute approximate surface area is 111 Å². The fraction of sp³-hybridized carbons (Fsp3) is 0.933. The van der Waals surface area contributed by atoms with Crippen LogP contribution in [0.1, 0.15) is 65.2 Å². The monoisotopic (exact) mass is 252 g/mol. The summed E-state index contributed by atoms with van der Waals surface area (Å²) >= 11 is 0. The molecule has 0 aromatic carbocycles. The minimum Gasteiger partial charge on any atom is -0.325 e. The molecule has 0 spiro atoms. The highest BCUT2D eigenvalue weighted by molar-refractivity contribution is 5.84. The zero-order valence-electron chi connectivity index (χ0n) is 12.0. The fourth-order valence-electron chi connectivity index (χ4n) is 3.42. The molecule has 0 aromatic heterocycles. The number of hydrogen-bond donors (Lipinski definition) is 1. The average Bonchev–Trinajstić information content (AvgIpc) is 2.58. The Morgan fingerprint density at radius 1 is 1.28 bits per heavy atom. The van der Waals surface area contributed by atoms with Gasteiger partial charge in [0.05, 0.1) is 12.7 Å². The van der Waals surface area contributed by atoms with E-state index in [0.29, 0.717) is 17.9 Å². The zero-order chi connectivity index (χ0) is 13.0. The molecule has 104 valence electrons. The number of carbonyl (C=O) groups is 1. The fourth-order valence-corrected chi connectivity index (χ4v) is 3.42. The van der Waals surface area contributed by atoms with Crippen LogP contribution in [-0.2, 0) is 4.79 Å². The molecule has 3 heteroatoms. The van der Waals surface area contributed by atoms with Crippen LogP contribution >= 0.6 is 0 Å². The second-order valence-corrected chi connectivity index (χ2v) is 6.05. The summed E-state index contributed by atoms with van der Waals surface area (Å²) in [5.74, 6) is 1.03. The molecule has 3 atom stereocenters. The van der Waals surface area contributed by atoms with E-state index in [4.69, 9.17) is 0 Å². The Balaban J connectivity index is 1.94. The molecule has 2 rings (SSSR count). The van der Waals surface area contributed by atoms with Crippen molar-refractivity contribution in [3.63, 3.8) is 0 Å². The van der Waals surface area contributed by atoms with E-state index < -0.39 is 0 Å². The van der Waals surface area contributed by atoms with Gasteiger partial charge in [-0.05, 0) is 25.2 Å². The van der Waals surface area contributed by atoms with Crippen molar-refractivity contribution in [2.24, 2.45) is 5.92 Å². The van der Waals surface area contributed by atoms with Gasteiger partial charge in [0.15, 0.2) is 0 Å². The molecule has 0 aromatic rings. The van der Waals surface area contributed by atoms with Crippen LogP contribution in [0.4, 0.5) is 0 Å². The molecular weight excluding hydrogens is 224 g/mol. The van der Waals surface area contributed by atoms with Gasteiger partial charge in [-0.2, -0.15) is 0 Å². The van der Waals surface area contributed by atoms with Crippen molar-refractivity contribution < 1.29 is 4.79 Å². The molecule has 1 saturated carbocycles. The van der Waals surface area contributed by atoms with Crippen molar-refractivity contribution in [3.8, 4) is 0 Å². The Kier molecular flexibility index (Phi) is 5.04. The van der Waals surface area contributed by atoms with Crippen LogP contribution in [0.15, 0.2) is 0 Å². The number of hydrogen-bond acceptors (Lipinski definition) is 2. The second-order valence-electron chi connectivity index (χ2n) is 6.05. The number of amides is 1. The van der Waals surface area contributed by atoms with Crippen LogP contribution in [0.25, 0.3) is 0 Å². The van der Waals surface area contributed by atoms with Crippen LogP contribution in [0, 0.1) is 5.92 Å². The average molecular weight is 252 g/mol. The number of nitrogens with one attached hydrogen (secondary N) is 1. The summed E-state index contributed by atoms with van der Waals surface area (Å²) in [4.78, 5) is 14.6. The lowest BCUT2D eigenvalue weighted by molar-refractivity contribution is -0.132. The van der Waals surface area contributed by atoms with E-state index in [9.17, 15) is 4.79 Å². The van der Waals surface area contributed by atoms with Gasteiger partial charge in [-0.1, -0.05) is 46.0 Å². The third kappa shape index (κ3) is 3.05.